The van der Waals surface area contributed by atoms with Crippen molar-refractivity contribution in [2.45, 2.75) is 32.4 Å². The maximum atomic E-state index is 5.74. The molecule has 2 aliphatic rings. The van der Waals surface area contributed by atoms with E-state index in [0.717, 1.165) is 67.3 Å². The fourth-order valence-corrected chi connectivity index (χ4v) is 4.24. The van der Waals surface area contributed by atoms with Gasteiger partial charge in [0.25, 0.3) is 0 Å². The molecule has 1 unspecified atom stereocenters. The first kappa shape index (κ1) is 18.9. The minimum Gasteiger partial charge on any atom is -0.382 e. The maximum Gasteiger partial charge on any atom is 0.137 e. The van der Waals surface area contributed by atoms with Gasteiger partial charge in [0, 0.05) is 37.3 Å². The normalized spacial score (nSPS) is 17.8. The number of hydrogen-bond acceptors (Lipinski definition) is 7. The Labute approximate surface area is 176 Å². The van der Waals surface area contributed by atoms with Gasteiger partial charge in [-0.15, -0.1) is 0 Å². The largest absolute Gasteiger partial charge is 0.382 e. The first-order chi connectivity index (χ1) is 14.8. The molecule has 2 aliphatic heterocycles. The van der Waals surface area contributed by atoms with Gasteiger partial charge in [-0.1, -0.05) is 18.2 Å². The average molecular weight is 405 g/mol. The number of aromatic nitrogens is 2. The van der Waals surface area contributed by atoms with Crippen molar-refractivity contribution in [3.05, 3.63) is 48.3 Å². The van der Waals surface area contributed by atoms with Crippen molar-refractivity contribution < 1.29 is 4.74 Å². The molecule has 3 heterocycles. The number of nitrogens with one attached hydrogen (secondary N) is 3. The highest BCUT2D eigenvalue weighted by atomic mass is 16.5. The van der Waals surface area contributed by atoms with Crippen LogP contribution in [0.4, 0.5) is 22.9 Å². The molecule has 1 atom stereocenters. The molecule has 2 aromatic carbocycles. The molecule has 156 valence electrons. The number of fused-ring (bicyclic) bond motifs is 2. The highest BCUT2D eigenvalue weighted by Gasteiger charge is 2.19. The summed E-state index contributed by atoms with van der Waals surface area (Å²) in [6.07, 6.45) is 4.24. The summed E-state index contributed by atoms with van der Waals surface area (Å²) in [5.74, 6) is 0.855. The fraction of sp³-hybridized carbons (Fsp3) is 0.391. The summed E-state index contributed by atoms with van der Waals surface area (Å²) in [6.45, 7) is 6.38. The van der Waals surface area contributed by atoms with Crippen LogP contribution in [0.15, 0.2) is 42.7 Å². The van der Waals surface area contributed by atoms with Gasteiger partial charge in [-0.3, -0.25) is 0 Å². The zero-order chi connectivity index (χ0) is 20.3. The molecule has 5 rings (SSSR count). The van der Waals surface area contributed by atoms with E-state index < -0.39 is 0 Å². The molecule has 0 bridgehead atoms. The minimum absolute atomic E-state index is 0.314. The van der Waals surface area contributed by atoms with E-state index in [1.165, 1.54) is 11.3 Å². The van der Waals surface area contributed by atoms with Crippen LogP contribution < -0.4 is 20.9 Å². The average Bonchev–Trinajstić information content (AvgIpc) is 3.44. The molecule has 30 heavy (non-hydrogen) atoms. The van der Waals surface area contributed by atoms with E-state index in [0.29, 0.717) is 12.6 Å². The lowest BCUT2D eigenvalue weighted by atomic mass is 10.1. The number of para-hydroxylation sites is 1. The van der Waals surface area contributed by atoms with Gasteiger partial charge >= 0.3 is 0 Å². The highest BCUT2D eigenvalue weighted by Crippen LogP contribution is 2.36. The second-order valence-electron chi connectivity index (χ2n) is 7.83. The number of anilines is 4. The molecule has 0 saturated carbocycles. The van der Waals surface area contributed by atoms with Crippen molar-refractivity contribution in [2.24, 2.45) is 0 Å². The van der Waals surface area contributed by atoms with Crippen LogP contribution >= 0.6 is 0 Å². The third kappa shape index (κ3) is 3.73. The molecular formula is C23H28N6O. The van der Waals surface area contributed by atoms with Crippen LogP contribution in [0.2, 0.25) is 0 Å². The van der Waals surface area contributed by atoms with Gasteiger partial charge in [0.2, 0.25) is 0 Å². The summed E-state index contributed by atoms with van der Waals surface area (Å²) >= 11 is 0. The first-order valence-electron chi connectivity index (χ1n) is 10.8. The number of hydrogen-bond donors (Lipinski definition) is 3. The summed E-state index contributed by atoms with van der Waals surface area (Å²) in [4.78, 5) is 11.3. The Bertz CT molecular complexity index is 1030. The van der Waals surface area contributed by atoms with E-state index in [2.05, 4.69) is 74.1 Å². The van der Waals surface area contributed by atoms with E-state index in [4.69, 9.17) is 4.74 Å². The number of rotatable bonds is 7. The lowest BCUT2D eigenvalue weighted by Crippen LogP contribution is -2.21. The fourth-order valence-electron chi connectivity index (χ4n) is 4.24. The van der Waals surface area contributed by atoms with E-state index in [-0.39, 0.29) is 0 Å². The molecule has 3 aromatic rings. The molecule has 0 amide bonds. The van der Waals surface area contributed by atoms with Gasteiger partial charge in [-0.25, -0.2) is 9.97 Å². The van der Waals surface area contributed by atoms with Crippen LogP contribution in [0.1, 0.15) is 25.3 Å². The zero-order valence-corrected chi connectivity index (χ0v) is 17.3. The van der Waals surface area contributed by atoms with Gasteiger partial charge < -0.3 is 25.6 Å². The smallest absolute Gasteiger partial charge is 0.137 e. The van der Waals surface area contributed by atoms with E-state index in [1.54, 1.807) is 6.33 Å². The Morgan fingerprint density at radius 3 is 3.00 bits per heavy atom. The summed E-state index contributed by atoms with van der Waals surface area (Å²) < 4.78 is 5.74. The predicted octanol–water partition coefficient (Wildman–Crippen LogP) is 4.04. The topological polar surface area (TPSA) is 74.3 Å². The second-order valence-corrected chi connectivity index (χ2v) is 7.83. The maximum absolute atomic E-state index is 5.74. The molecule has 7 nitrogen and oxygen atoms in total. The quantitative estimate of drug-likeness (QED) is 0.549. The van der Waals surface area contributed by atoms with Crippen LogP contribution in [0.3, 0.4) is 0 Å². The lowest BCUT2D eigenvalue weighted by molar-refractivity contribution is 0.120. The SMILES string of the molecule is CCN1CNc2cc3c(NCc4ccccc4NCC4CCCO4)ncnc3cc21. The van der Waals surface area contributed by atoms with Crippen molar-refractivity contribution in [2.75, 3.05) is 47.2 Å². The molecular weight excluding hydrogens is 376 g/mol. The Morgan fingerprint density at radius 2 is 2.13 bits per heavy atom. The van der Waals surface area contributed by atoms with Gasteiger partial charge in [0.1, 0.15) is 12.1 Å². The summed E-state index contributed by atoms with van der Waals surface area (Å²) in [7, 11) is 0. The second kappa shape index (κ2) is 8.36. The van der Waals surface area contributed by atoms with Crippen LogP contribution in [-0.2, 0) is 11.3 Å². The standard InChI is InChI=1S/C23H28N6O/c1-2-29-15-28-21-10-18-20(11-22(21)29)26-14-27-23(18)25-12-16-6-3-4-8-19(16)24-13-17-7-5-9-30-17/h3-4,6,8,10-11,14,17,24,28H,2,5,7,9,12-13,15H2,1H3,(H,25,26,27). The van der Waals surface area contributed by atoms with Gasteiger partial charge in [0.05, 0.1) is 29.7 Å². The zero-order valence-electron chi connectivity index (χ0n) is 17.3. The molecule has 0 radical (unpaired) electrons. The molecule has 1 fully saturated rings. The molecule has 3 N–H and O–H groups in total. The third-order valence-electron chi connectivity index (χ3n) is 5.94. The third-order valence-corrected chi connectivity index (χ3v) is 5.94. The summed E-state index contributed by atoms with van der Waals surface area (Å²) in [5.41, 5.74) is 5.65. The summed E-state index contributed by atoms with van der Waals surface area (Å²) in [6, 6.07) is 12.7. The predicted molar refractivity (Wildman–Crippen MR) is 122 cm³/mol. The summed E-state index contributed by atoms with van der Waals surface area (Å²) in [5, 5.41) is 11.6. The molecule has 0 aliphatic carbocycles. The monoisotopic (exact) mass is 404 g/mol. The van der Waals surface area contributed by atoms with Crippen molar-refractivity contribution in [1.82, 2.24) is 9.97 Å². The van der Waals surface area contributed by atoms with E-state index >= 15 is 0 Å². The van der Waals surface area contributed by atoms with Crippen LogP contribution in [0.5, 0.6) is 0 Å². The number of benzene rings is 2. The van der Waals surface area contributed by atoms with Crippen LogP contribution in [0.25, 0.3) is 10.9 Å². The van der Waals surface area contributed by atoms with Gasteiger partial charge in [0.15, 0.2) is 0 Å². The minimum atomic E-state index is 0.314. The lowest BCUT2D eigenvalue weighted by Gasteiger charge is -2.17. The van der Waals surface area contributed by atoms with E-state index in [9.17, 15) is 0 Å². The molecule has 1 saturated heterocycles. The molecule has 7 heteroatoms. The van der Waals surface area contributed by atoms with Crippen molar-refractivity contribution in [3.63, 3.8) is 0 Å². The van der Waals surface area contributed by atoms with Crippen molar-refractivity contribution in [1.29, 1.82) is 0 Å². The first-order valence-corrected chi connectivity index (χ1v) is 10.8. The Hall–Kier alpha value is -3.06. The Kier molecular flexibility index (Phi) is 5.27. The van der Waals surface area contributed by atoms with Crippen LogP contribution in [0, 0.1) is 0 Å². The highest BCUT2D eigenvalue weighted by molar-refractivity contribution is 5.97. The number of ether oxygens (including phenoxy) is 1. The Morgan fingerprint density at radius 1 is 1.20 bits per heavy atom. The number of nitrogens with zero attached hydrogens (tertiary/aromatic N) is 3. The van der Waals surface area contributed by atoms with Crippen molar-refractivity contribution >= 4 is 33.8 Å². The van der Waals surface area contributed by atoms with E-state index in [1.807, 2.05) is 0 Å². The van der Waals surface area contributed by atoms with Gasteiger partial charge in [-0.2, -0.15) is 0 Å². The van der Waals surface area contributed by atoms with Gasteiger partial charge in [-0.05, 0) is 43.5 Å². The van der Waals surface area contributed by atoms with Crippen molar-refractivity contribution in [3.8, 4) is 0 Å². The Balaban J connectivity index is 1.34. The molecule has 1 aromatic heterocycles. The molecule has 0 spiro atoms. The van der Waals surface area contributed by atoms with Crippen LogP contribution in [-0.4, -0.2) is 42.4 Å².